The average Bonchev–Trinajstić information content (AvgIpc) is 3.01. The third-order valence-electron chi connectivity index (χ3n) is 4.10. The van der Waals surface area contributed by atoms with E-state index in [0.717, 1.165) is 10.9 Å². The molecule has 3 nitrogen and oxygen atoms in total. The summed E-state index contributed by atoms with van der Waals surface area (Å²) in [6.45, 7) is 0.776. The number of aromatic nitrogens is 2. The van der Waals surface area contributed by atoms with Crippen molar-refractivity contribution in [3.05, 3.63) is 42.2 Å². The van der Waals surface area contributed by atoms with Crippen LogP contribution in [0.25, 0.3) is 0 Å². The van der Waals surface area contributed by atoms with E-state index in [4.69, 9.17) is 5.73 Å². The second-order valence-electron chi connectivity index (χ2n) is 5.28. The molecule has 0 spiro atoms. The van der Waals surface area contributed by atoms with Crippen LogP contribution in [0.5, 0.6) is 0 Å². The zero-order valence-electron chi connectivity index (χ0n) is 11.3. The van der Waals surface area contributed by atoms with Crippen molar-refractivity contribution < 1.29 is 0 Å². The minimum atomic E-state index is 0.562. The molecule has 106 valence electrons. The van der Waals surface area contributed by atoms with Gasteiger partial charge in [0.1, 0.15) is 6.33 Å². The van der Waals surface area contributed by atoms with Gasteiger partial charge in [0.25, 0.3) is 0 Å². The van der Waals surface area contributed by atoms with Gasteiger partial charge < -0.3 is 5.73 Å². The zero-order valence-corrected chi connectivity index (χ0v) is 12.9. The first-order valence-electron chi connectivity index (χ1n) is 7.05. The van der Waals surface area contributed by atoms with Crippen LogP contribution in [-0.4, -0.2) is 21.2 Å². The van der Waals surface area contributed by atoms with Gasteiger partial charge in [0.15, 0.2) is 4.34 Å². The maximum atomic E-state index is 5.96. The highest BCUT2D eigenvalue weighted by molar-refractivity contribution is 8.01. The van der Waals surface area contributed by atoms with Gasteiger partial charge in [-0.1, -0.05) is 42.1 Å². The predicted octanol–water partition coefficient (Wildman–Crippen LogP) is 3.54. The van der Waals surface area contributed by atoms with E-state index in [1.54, 1.807) is 6.33 Å². The first-order chi connectivity index (χ1) is 9.86. The van der Waals surface area contributed by atoms with Crippen LogP contribution >= 0.6 is 23.3 Å². The van der Waals surface area contributed by atoms with Crippen molar-refractivity contribution in [2.75, 3.05) is 6.54 Å². The molecule has 3 unspecified atom stereocenters. The van der Waals surface area contributed by atoms with Crippen LogP contribution in [-0.2, 0) is 0 Å². The molecule has 1 fully saturated rings. The van der Waals surface area contributed by atoms with Crippen LogP contribution in [0, 0.1) is 5.92 Å². The summed E-state index contributed by atoms with van der Waals surface area (Å²) < 4.78 is 5.17. The molecule has 1 aromatic heterocycles. The Balaban J connectivity index is 1.72. The van der Waals surface area contributed by atoms with Crippen molar-refractivity contribution in [1.29, 1.82) is 0 Å². The van der Waals surface area contributed by atoms with Gasteiger partial charge in [0.2, 0.25) is 0 Å². The fraction of sp³-hybridized carbons (Fsp3) is 0.467. The predicted molar refractivity (Wildman–Crippen MR) is 85.1 cm³/mol. The third kappa shape index (κ3) is 3.22. The summed E-state index contributed by atoms with van der Waals surface area (Å²) in [6, 6.07) is 10.9. The summed E-state index contributed by atoms with van der Waals surface area (Å²) in [4.78, 5) is 4.31. The van der Waals surface area contributed by atoms with Crippen molar-refractivity contribution in [3.63, 3.8) is 0 Å². The van der Waals surface area contributed by atoms with Gasteiger partial charge in [-0.3, -0.25) is 0 Å². The van der Waals surface area contributed by atoms with Crippen molar-refractivity contribution in [2.24, 2.45) is 11.7 Å². The normalized spacial score (nSPS) is 26.6. The largest absolute Gasteiger partial charge is 0.330 e. The molecular formula is C15H19N3S2. The lowest BCUT2D eigenvalue weighted by molar-refractivity contribution is 0.344. The van der Waals surface area contributed by atoms with Gasteiger partial charge in [-0.05, 0) is 54.7 Å². The lowest BCUT2D eigenvalue weighted by atomic mass is 9.78. The molecule has 0 saturated heterocycles. The van der Waals surface area contributed by atoms with Gasteiger partial charge in [0, 0.05) is 5.25 Å². The quantitative estimate of drug-likeness (QED) is 0.938. The van der Waals surface area contributed by atoms with E-state index >= 15 is 0 Å². The number of nitrogens with zero attached hydrogens (tertiary/aromatic N) is 2. The molecule has 20 heavy (non-hydrogen) atoms. The van der Waals surface area contributed by atoms with Gasteiger partial charge >= 0.3 is 0 Å². The minimum absolute atomic E-state index is 0.562. The summed E-state index contributed by atoms with van der Waals surface area (Å²) >= 11 is 3.35. The van der Waals surface area contributed by atoms with Gasteiger partial charge in [-0.2, -0.15) is 4.37 Å². The van der Waals surface area contributed by atoms with Crippen LogP contribution in [0.1, 0.15) is 30.7 Å². The van der Waals surface area contributed by atoms with E-state index < -0.39 is 0 Å². The Morgan fingerprint density at radius 3 is 2.80 bits per heavy atom. The highest BCUT2D eigenvalue weighted by Gasteiger charge is 2.31. The summed E-state index contributed by atoms with van der Waals surface area (Å²) in [5.74, 6) is 1.26. The Kier molecular flexibility index (Phi) is 4.70. The van der Waals surface area contributed by atoms with Gasteiger partial charge in [-0.25, -0.2) is 4.98 Å². The molecule has 0 radical (unpaired) electrons. The number of hydrogen-bond acceptors (Lipinski definition) is 5. The van der Waals surface area contributed by atoms with E-state index in [0.29, 0.717) is 17.1 Å². The lowest BCUT2D eigenvalue weighted by Crippen LogP contribution is -2.31. The Morgan fingerprint density at radius 2 is 2.10 bits per heavy atom. The first kappa shape index (κ1) is 14.0. The standard InChI is InChI=1S/C15H19N3S2/c16-9-13-7-6-12(11-4-2-1-3-5-11)8-14(13)19-15-17-10-18-20-15/h1-5,10,12-14H,6-9,16H2. The molecular weight excluding hydrogens is 286 g/mol. The maximum absolute atomic E-state index is 5.96. The Hall–Kier alpha value is -0.910. The molecule has 1 aliphatic rings. The van der Waals surface area contributed by atoms with Crippen molar-refractivity contribution >= 4 is 23.3 Å². The third-order valence-corrected chi connectivity index (χ3v) is 6.26. The second kappa shape index (κ2) is 6.70. The van der Waals surface area contributed by atoms with E-state index in [1.807, 2.05) is 11.8 Å². The highest BCUT2D eigenvalue weighted by Crippen LogP contribution is 2.43. The molecule has 2 N–H and O–H groups in total. The number of rotatable bonds is 4. The molecule has 5 heteroatoms. The topological polar surface area (TPSA) is 51.8 Å². The molecule has 1 heterocycles. The maximum Gasteiger partial charge on any atom is 0.170 e. The zero-order chi connectivity index (χ0) is 13.8. The number of benzene rings is 1. The van der Waals surface area contributed by atoms with Crippen molar-refractivity contribution in [3.8, 4) is 0 Å². The van der Waals surface area contributed by atoms with Crippen LogP contribution in [0.15, 0.2) is 41.0 Å². The number of nitrogens with two attached hydrogens (primary N) is 1. The number of thioether (sulfide) groups is 1. The molecule has 0 amide bonds. The summed E-state index contributed by atoms with van der Waals surface area (Å²) in [7, 11) is 0. The lowest BCUT2D eigenvalue weighted by Gasteiger charge is -2.35. The molecule has 3 atom stereocenters. The first-order valence-corrected chi connectivity index (χ1v) is 8.70. The van der Waals surface area contributed by atoms with Crippen molar-refractivity contribution in [1.82, 2.24) is 9.36 Å². The van der Waals surface area contributed by atoms with E-state index in [1.165, 1.54) is 36.4 Å². The second-order valence-corrected chi connectivity index (χ2v) is 7.55. The fourth-order valence-corrected chi connectivity index (χ4v) is 5.06. The summed E-state index contributed by atoms with van der Waals surface area (Å²) in [6.07, 6.45) is 5.30. The van der Waals surface area contributed by atoms with Crippen LogP contribution in [0.3, 0.4) is 0 Å². The van der Waals surface area contributed by atoms with Crippen LogP contribution in [0.4, 0.5) is 0 Å². The smallest absolute Gasteiger partial charge is 0.170 e. The molecule has 3 rings (SSSR count). The molecule has 1 aromatic carbocycles. The van der Waals surface area contributed by atoms with Crippen molar-refractivity contribution in [2.45, 2.75) is 34.8 Å². The van der Waals surface area contributed by atoms with Gasteiger partial charge in [-0.15, -0.1) is 0 Å². The van der Waals surface area contributed by atoms with Crippen LogP contribution in [0.2, 0.25) is 0 Å². The Morgan fingerprint density at radius 1 is 1.25 bits per heavy atom. The molecule has 2 aromatic rings. The van der Waals surface area contributed by atoms with Crippen LogP contribution < -0.4 is 5.73 Å². The highest BCUT2D eigenvalue weighted by atomic mass is 32.2. The molecule has 0 aliphatic heterocycles. The Labute approximate surface area is 128 Å². The number of hydrogen-bond donors (Lipinski definition) is 1. The molecule has 1 aliphatic carbocycles. The molecule has 1 saturated carbocycles. The molecule has 0 bridgehead atoms. The van der Waals surface area contributed by atoms with E-state index in [-0.39, 0.29) is 0 Å². The van der Waals surface area contributed by atoms with Gasteiger partial charge in [0.05, 0.1) is 0 Å². The van der Waals surface area contributed by atoms with E-state index in [9.17, 15) is 0 Å². The monoisotopic (exact) mass is 305 g/mol. The minimum Gasteiger partial charge on any atom is -0.330 e. The summed E-state index contributed by atoms with van der Waals surface area (Å²) in [5.41, 5.74) is 7.42. The van der Waals surface area contributed by atoms with E-state index in [2.05, 4.69) is 39.7 Å². The average molecular weight is 305 g/mol. The SMILES string of the molecule is NCC1CCC(c2ccccc2)CC1Sc1ncns1. The Bertz CT molecular complexity index is 515. The summed E-state index contributed by atoms with van der Waals surface area (Å²) in [5, 5.41) is 0.562. The fourth-order valence-electron chi connectivity index (χ4n) is 2.98.